The molecule has 0 fully saturated rings. The highest BCUT2D eigenvalue weighted by Crippen LogP contribution is 2.26. The van der Waals surface area contributed by atoms with Crippen LogP contribution in [0.2, 0.25) is 5.15 Å². The van der Waals surface area contributed by atoms with Crippen molar-refractivity contribution in [1.29, 1.82) is 0 Å². The van der Waals surface area contributed by atoms with Crippen LogP contribution in [0.25, 0.3) is 11.1 Å². The number of pyridine rings is 1. The summed E-state index contributed by atoms with van der Waals surface area (Å²) in [5.74, 6) is -0.876. The molecule has 0 saturated carbocycles. The average molecular weight is 662 g/mol. The number of methoxy groups -OCH3 is 1. The van der Waals surface area contributed by atoms with Crippen LogP contribution in [-0.2, 0) is 37.2 Å². The molecule has 16 heteroatoms. The molecule has 0 saturated heterocycles. The summed E-state index contributed by atoms with van der Waals surface area (Å²) in [6.07, 6.45) is 3.07. The van der Waals surface area contributed by atoms with E-state index in [1.165, 1.54) is 30.3 Å². The third-order valence-corrected chi connectivity index (χ3v) is 6.37. The molecule has 1 aromatic carbocycles. The van der Waals surface area contributed by atoms with Gasteiger partial charge < -0.3 is 34.7 Å². The fourth-order valence-corrected chi connectivity index (χ4v) is 4.11. The number of hydrogen-bond acceptors (Lipinski definition) is 12. The van der Waals surface area contributed by atoms with Crippen molar-refractivity contribution in [2.75, 3.05) is 59.9 Å². The second-order valence-electron chi connectivity index (χ2n) is 9.08. The Kier molecular flexibility index (Phi) is 17.9. The van der Waals surface area contributed by atoms with Gasteiger partial charge in [-0.15, -0.1) is 0 Å². The van der Waals surface area contributed by atoms with Crippen molar-refractivity contribution in [2.45, 2.75) is 12.5 Å². The highest BCUT2D eigenvalue weighted by atomic mass is 35.5. The second kappa shape index (κ2) is 21.3. The van der Waals surface area contributed by atoms with Gasteiger partial charge in [0.05, 0.1) is 64.1 Å². The lowest BCUT2D eigenvalue weighted by molar-refractivity contribution is -0.142. The van der Waals surface area contributed by atoms with Crippen LogP contribution in [0.15, 0.2) is 53.6 Å². The van der Waals surface area contributed by atoms with E-state index in [0.29, 0.717) is 62.0 Å². The first-order valence-electron chi connectivity index (χ1n) is 13.8. The first-order chi connectivity index (χ1) is 21.8. The summed E-state index contributed by atoms with van der Waals surface area (Å²) in [6.45, 7) is 3.18. The molecule has 2 aromatic heterocycles. The van der Waals surface area contributed by atoms with Crippen molar-refractivity contribution in [3.05, 3.63) is 75.4 Å². The zero-order valence-electron chi connectivity index (χ0n) is 25.1. The van der Waals surface area contributed by atoms with E-state index >= 15 is 0 Å². The molecule has 3 N–H and O–H groups in total. The van der Waals surface area contributed by atoms with Gasteiger partial charge >= 0.3 is 5.97 Å². The number of carbonyl (C=O) groups is 2. The Morgan fingerprint density at radius 1 is 1.02 bits per heavy atom. The van der Waals surface area contributed by atoms with E-state index in [0.717, 1.165) is 0 Å². The standard InChI is InChI=1S/C29H36ClN5O8.BHS/c1-35-28(37)25(24(19-33-35)43-17-16-42-15-14-41-13-12-40-11-9-31)21-7-5-20(6-8-21)18-23(29(38)39-2)34-27(36)22-4-3-10-32-26(22)30;1-2/h3-8,10,19,23H,9,11-18,31H2,1-2H3,(H,34,36);2H. The van der Waals surface area contributed by atoms with Gasteiger partial charge in [0.2, 0.25) is 0 Å². The Morgan fingerprint density at radius 2 is 1.64 bits per heavy atom. The maximum Gasteiger partial charge on any atom is 0.328 e. The molecule has 2 radical (unpaired) electrons. The van der Waals surface area contributed by atoms with Crippen LogP contribution < -0.4 is 21.3 Å². The number of nitrogens with two attached hydrogens (primary N) is 1. The first kappa shape index (κ1) is 37.7. The van der Waals surface area contributed by atoms with Crippen molar-refractivity contribution >= 4 is 43.1 Å². The maximum absolute atomic E-state index is 13.0. The van der Waals surface area contributed by atoms with Crippen LogP contribution >= 0.6 is 24.1 Å². The fraction of sp³-hybridized carbons (Fsp3) is 0.414. The molecule has 1 amide bonds. The van der Waals surface area contributed by atoms with Crippen molar-refractivity contribution in [3.63, 3.8) is 0 Å². The molecule has 3 aromatic rings. The molecule has 1 atom stereocenters. The van der Waals surface area contributed by atoms with Crippen LogP contribution in [0.5, 0.6) is 5.75 Å². The minimum absolute atomic E-state index is 0.0192. The van der Waals surface area contributed by atoms with Gasteiger partial charge in [0.1, 0.15) is 17.8 Å². The molecule has 1 unspecified atom stereocenters. The molecule has 0 spiro atoms. The van der Waals surface area contributed by atoms with Gasteiger partial charge in [-0.3, -0.25) is 9.59 Å². The van der Waals surface area contributed by atoms with Crippen LogP contribution in [0.1, 0.15) is 15.9 Å². The third-order valence-electron chi connectivity index (χ3n) is 6.07. The molecule has 0 aliphatic heterocycles. The number of amides is 1. The van der Waals surface area contributed by atoms with Crippen molar-refractivity contribution in [3.8, 4) is 16.9 Å². The molecule has 3 rings (SSSR count). The molecule has 13 nitrogen and oxygen atoms in total. The number of esters is 1. The Balaban J connectivity index is 0.00000345. The number of benzene rings is 1. The highest BCUT2D eigenvalue weighted by molar-refractivity contribution is 8.03. The normalized spacial score (nSPS) is 11.2. The Bertz CT molecular complexity index is 1400. The van der Waals surface area contributed by atoms with Crippen LogP contribution in [0, 0.1) is 0 Å². The largest absolute Gasteiger partial charge is 0.489 e. The minimum Gasteiger partial charge on any atom is -0.489 e. The van der Waals surface area contributed by atoms with Crippen LogP contribution in [0.4, 0.5) is 0 Å². The Morgan fingerprint density at radius 3 is 2.24 bits per heavy atom. The van der Waals surface area contributed by atoms with E-state index in [1.807, 2.05) is 0 Å². The molecule has 242 valence electrons. The zero-order valence-corrected chi connectivity index (χ0v) is 26.8. The lowest BCUT2D eigenvalue weighted by Gasteiger charge is -2.17. The van der Waals surface area contributed by atoms with Gasteiger partial charge in [0.15, 0.2) is 12.9 Å². The van der Waals surface area contributed by atoms with Gasteiger partial charge in [0, 0.05) is 26.2 Å². The lowest BCUT2D eigenvalue weighted by atomic mass is 10.0. The average Bonchev–Trinajstić information content (AvgIpc) is 3.06. The molecule has 0 bridgehead atoms. The van der Waals surface area contributed by atoms with Crippen LogP contribution in [0.3, 0.4) is 0 Å². The van der Waals surface area contributed by atoms with E-state index in [4.69, 9.17) is 41.0 Å². The second-order valence-corrected chi connectivity index (χ2v) is 9.44. The van der Waals surface area contributed by atoms with Crippen molar-refractivity contribution < 1.29 is 33.3 Å². The van der Waals surface area contributed by atoms with Gasteiger partial charge in [-0.25, -0.2) is 26.9 Å². The molecular weight excluding hydrogens is 625 g/mol. The predicted molar refractivity (Wildman–Crippen MR) is 173 cm³/mol. The predicted octanol–water partition coefficient (Wildman–Crippen LogP) is 1.40. The summed E-state index contributed by atoms with van der Waals surface area (Å²) in [5.41, 5.74) is 6.78. The number of rotatable bonds is 18. The number of nitrogens with zero attached hydrogens (tertiary/aromatic N) is 3. The summed E-state index contributed by atoms with van der Waals surface area (Å²) >= 11 is 9.05. The third kappa shape index (κ3) is 12.4. The minimum atomic E-state index is -0.984. The molecule has 2 heterocycles. The van der Waals surface area contributed by atoms with E-state index < -0.39 is 17.9 Å². The first-order valence-corrected chi connectivity index (χ1v) is 14.7. The zero-order chi connectivity index (χ0) is 33.0. The van der Waals surface area contributed by atoms with Crippen molar-refractivity contribution in [1.82, 2.24) is 20.1 Å². The van der Waals surface area contributed by atoms with E-state index in [1.54, 1.807) is 37.4 Å². The number of halogens is 1. The van der Waals surface area contributed by atoms with E-state index in [-0.39, 0.29) is 35.9 Å². The Hall–Kier alpha value is -3.47. The number of carbonyl (C=O) groups excluding carboxylic acids is 2. The summed E-state index contributed by atoms with van der Waals surface area (Å²) in [7, 11) is 6.98. The lowest BCUT2D eigenvalue weighted by Crippen LogP contribution is -2.43. The van der Waals surface area contributed by atoms with E-state index in [2.05, 4.69) is 35.0 Å². The van der Waals surface area contributed by atoms with Gasteiger partial charge in [-0.05, 0) is 23.3 Å². The smallest absolute Gasteiger partial charge is 0.328 e. The fourth-order valence-electron chi connectivity index (χ4n) is 3.90. The number of aryl methyl sites for hydroxylation is 1. The number of nitrogens with one attached hydrogen (secondary N) is 1. The van der Waals surface area contributed by atoms with E-state index in [9.17, 15) is 14.4 Å². The quantitative estimate of drug-likeness (QED) is 0.0593. The summed E-state index contributed by atoms with van der Waals surface area (Å²) in [6, 6.07) is 9.07. The molecular formula is C29H37BClN5O8S. The highest BCUT2D eigenvalue weighted by Gasteiger charge is 2.24. The van der Waals surface area contributed by atoms with Gasteiger partial charge in [0.25, 0.3) is 11.5 Å². The number of ether oxygens (including phenoxy) is 5. The summed E-state index contributed by atoms with van der Waals surface area (Å²) in [4.78, 5) is 42.1. The number of aromatic nitrogens is 3. The molecule has 0 aliphatic carbocycles. The SMILES string of the molecule is COC(=O)C(Cc1ccc(-c2c(OCCOCCOCCOCCN)cnn(C)c2=O)cc1)NC(=O)c1cccnc1Cl.[B]S. The monoisotopic (exact) mass is 661 g/mol. The van der Waals surface area contributed by atoms with Crippen molar-refractivity contribution in [2.24, 2.45) is 12.8 Å². The topological polar surface area (TPSA) is 166 Å². The Labute approximate surface area is 273 Å². The number of hydrogen-bond donors (Lipinski definition) is 3. The van der Waals surface area contributed by atoms with Gasteiger partial charge in [-0.1, -0.05) is 35.9 Å². The molecule has 45 heavy (non-hydrogen) atoms. The summed E-state index contributed by atoms with van der Waals surface area (Å²) < 4.78 is 28.1. The number of thiol groups is 1. The van der Waals surface area contributed by atoms with Gasteiger partial charge in [-0.2, -0.15) is 5.10 Å². The summed E-state index contributed by atoms with van der Waals surface area (Å²) in [5, 5.41) is 6.74. The van der Waals surface area contributed by atoms with Crippen LogP contribution in [-0.4, -0.2) is 99.7 Å². The maximum atomic E-state index is 13.0. The molecule has 0 aliphatic rings.